The van der Waals surface area contributed by atoms with Crippen molar-refractivity contribution in [2.45, 2.75) is 6.92 Å². The van der Waals surface area contributed by atoms with Crippen molar-refractivity contribution in [1.29, 1.82) is 0 Å². The van der Waals surface area contributed by atoms with Crippen LogP contribution in [0.3, 0.4) is 0 Å². The van der Waals surface area contributed by atoms with Crippen LogP contribution in [-0.2, 0) is 0 Å². The van der Waals surface area contributed by atoms with Crippen molar-refractivity contribution >= 4 is 11.6 Å². The quantitative estimate of drug-likeness (QED) is 0.876. The molecule has 1 amide bonds. The van der Waals surface area contributed by atoms with Crippen molar-refractivity contribution in [2.75, 3.05) is 12.1 Å². The van der Waals surface area contributed by atoms with Crippen LogP contribution in [0.15, 0.2) is 28.9 Å². The van der Waals surface area contributed by atoms with Gasteiger partial charge in [0.25, 0.3) is 5.91 Å². The van der Waals surface area contributed by atoms with Crippen LogP contribution < -0.4 is 14.8 Å². The molecule has 0 saturated heterocycles. The third kappa shape index (κ3) is 1.88. The molecule has 0 fully saturated rings. The molecule has 0 bridgehead atoms. The first-order chi connectivity index (χ1) is 8.72. The predicted molar refractivity (Wildman–Crippen MR) is 61.8 cm³/mol. The Kier molecular flexibility index (Phi) is 2.40. The fraction of sp³-hybridized carbons (Fsp3) is 0.167. The molecule has 0 saturated carbocycles. The largest absolute Gasteiger partial charge is 0.454 e. The number of hydrogen-bond acceptors (Lipinski definition) is 5. The molecule has 0 spiro atoms. The molecule has 2 heterocycles. The van der Waals surface area contributed by atoms with Gasteiger partial charge in [-0.3, -0.25) is 4.79 Å². The van der Waals surface area contributed by atoms with Crippen LogP contribution in [0.1, 0.15) is 16.4 Å². The van der Waals surface area contributed by atoms with Crippen LogP contribution in [0.4, 0.5) is 5.69 Å². The highest BCUT2D eigenvalue weighted by atomic mass is 16.7. The molecular formula is C12H10N2O4. The minimum atomic E-state index is -0.328. The highest BCUT2D eigenvalue weighted by molar-refractivity contribution is 6.02. The van der Waals surface area contributed by atoms with E-state index in [1.54, 1.807) is 25.1 Å². The Bertz CT molecular complexity index is 606. The van der Waals surface area contributed by atoms with E-state index in [1.165, 1.54) is 6.26 Å². The second-order valence-electron chi connectivity index (χ2n) is 3.77. The van der Waals surface area contributed by atoms with Gasteiger partial charge in [0.15, 0.2) is 23.1 Å². The predicted octanol–water partition coefficient (Wildman–Crippen LogP) is 1.96. The molecule has 1 aliphatic heterocycles. The summed E-state index contributed by atoms with van der Waals surface area (Å²) in [6.45, 7) is 1.88. The van der Waals surface area contributed by atoms with E-state index in [-0.39, 0.29) is 18.4 Å². The second kappa shape index (κ2) is 4.06. The summed E-state index contributed by atoms with van der Waals surface area (Å²) < 4.78 is 15.4. The van der Waals surface area contributed by atoms with E-state index in [1.807, 2.05) is 0 Å². The lowest BCUT2D eigenvalue weighted by Crippen LogP contribution is -2.12. The third-order valence-electron chi connectivity index (χ3n) is 2.48. The van der Waals surface area contributed by atoms with Crippen LogP contribution in [0, 0.1) is 6.92 Å². The first kappa shape index (κ1) is 10.6. The molecule has 0 unspecified atom stereocenters. The standard InChI is InChI=1S/C12H10N2O4/c1-7-13-9(5-16-7)12(15)14-8-2-3-10-11(4-8)18-6-17-10/h2-5H,6H2,1H3,(H,14,15). The second-order valence-corrected chi connectivity index (χ2v) is 3.77. The van der Waals surface area contributed by atoms with E-state index >= 15 is 0 Å². The molecule has 1 aromatic carbocycles. The molecule has 6 heteroatoms. The van der Waals surface area contributed by atoms with E-state index < -0.39 is 0 Å². The number of hydrogen-bond donors (Lipinski definition) is 1. The summed E-state index contributed by atoms with van der Waals surface area (Å²) in [4.78, 5) is 15.8. The summed E-state index contributed by atoms with van der Waals surface area (Å²) >= 11 is 0. The number of amides is 1. The minimum absolute atomic E-state index is 0.204. The number of carbonyl (C=O) groups is 1. The summed E-state index contributed by atoms with van der Waals surface area (Å²) in [5, 5.41) is 2.70. The Morgan fingerprint density at radius 2 is 2.17 bits per heavy atom. The van der Waals surface area contributed by atoms with Gasteiger partial charge in [0.05, 0.1) is 0 Å². The SMILES string of the molecule is Cc1nc(C(=O)Nc2ccc3c(c2)OCO3)co1. The number of benzene rings is 1. The molecule has 0 aliphatic carbocycles. The highest BCUT2D eigenvalue weighted by Crippen LogP contribution is 2.34. The minimum Gasteiger partial charge on any atom is -0.454 e. The zero-order chi connectivity index (χ0) is 12.5. The van der Waals surface area contributed by atoms with Crippen molar-refractivity contribution in [3.8, 4) is 11.5 Å². The molecule has 1 aliphatic rings. The van der Waals surface area contributed by atoms with Gasteiger partial charge in [0, 0.05) is 18.7 Å². The molecule has 0 radical (unpaired) electrons. The normalized spacial score (nSPS) is 12.5. The van der Waals surface area contributed by atoms with Crippen LogP contribution in [-0.4, -0.2) is 17.7 Å². The maximum atomic E-state index is 11.8. The van der Waals surface area contributed by atoms with Gasteiger partial charge in [-0.1, -0.05) is 0 Å². The topological polar surface area (TPSA) is 73.6 Å². The summed E-state index contributed by atoms with van der Waals surface area (Å²) in [6.07, 6.45) is 1.32. The molecule has 0 atom stereocenters. The Morgan fingerprint density at radius 3 is 2.94 bits per heavy atom. The summed E-state index contributed by atoms with van der Waals surface area (Å²) in [5.74, 6) is 1.41. The van der Waals surface area contributed by atoms with Gasteiger partial charge in [0.2, 0.25) is 6.79 Å². The lowest BCUT2D eigenvalue weighted by molar-refractivity contribution is 0.102. The van der Waals surface area contributed by atoms with Crippen molar-refractivity contribution in [3.63, 3.8) is 0 Å². The molecule has 92 valence electrons. The van der Waals surface area contributed by atoms with Crippen LogP contribution >= 0.6 is 0 Å². The third-order valence-corrected chi connectivity index (χ3v) is 2.48. The van der Waals surface area contributed by atoms with Crippen LogP contribution in [0.2, 0.25) is 0 Å². The number of carbonyl (C=O) groups excluding carboxylic acids is 1. The van der Waals surface area contributed by atoms with E-state index in [4.69, 9.17) is 13.9 Å². The Morgan fingerprint density at radius 1 is 1.33 bits per heavy atom. The highest BCUT2D eigenvalue weighted by Gasteiger charge is 2.15. The number of rotatable bonds is 2. The number of ether oxygens (including phenoxy) is 2. The number of oxazole rings is 1. The smallest absolute Gasteiger partial charge is 0.277 e. The summed E-state index contributed by atoms with van der Waals surface area (Å²) in [6, 6.07) is 5.18. The van der Waals surface area contributed by atoms with Crippen LogP contribution in [0.25, 0.3) is 0 Å². The lowest BCUT2D eigenvalue weighted by Gasteiger charge is -2.03. The first-order valence-electron chi connectivity index (χ1n) is 5.35. The molecule has 1 aromatic heterocycles. The van der Waals surface area contributed by atoms with Gasteiger partial charge >= 0.3 is 0 Å². The van der Waals surface area contributed by atoms with E-state index in [2.05, 4.69) is 10.3 Å². The zero-order valence-electron chi connectivity index (χ0n) is 9.60. The van der Waals surface area contributed by atoms with Crippen molar-refractivity contribution < 1.29 is 18.7 Å². The Labute approximate surface area is 103 Å². The van der Waals surface area contributed by atoms with E-state index in [0.717, 1.165) is 0 Å². The molecule has 1 N–H and O–H groups in total. The van der Waals surface area contributed by atoms with Gasteiger partial charge in [0.1, 0.15) is 6.26 Å². The Balaban J connectivity index is 1.78. The van der Waals surface area contributed by atoms with Gasteiger partial charge in [-0.25, -0.2) is 4.98 Å². The van der Waals surface area contributed by atoms with Gasteiger partial charge in [-0.05, 0) is 12.1 Å². The van der Waals surface area contributed by atoms with Crippen molar-refractivity contribution in [2.24, 2.45) is 0 Å². The van der Waals surface area contributed by atoms with Gasteiger partial charge < -0.3 is 19.2 Å². The maximum Gasteiger partial charge on any atom is 0.277 e. The number of aromatic nitrogens is 1. The van der Waals surface area contributed by atoms with Crippen molar-refractivity contribution in [1.82, 2.24) is 4.98 Å². The van der Waals surface area contributed by atoms with E-state index in [9.17, 15) is 4.79 Å². The number of fused-ring (bicyclic) bond motifs is 1. The molecule has 2 aromatic rings. The molecule has 6 nitrogen and oxygen atoms in total. The fourth-order valence-electron chi connectivity index (χ4n) is 1.64. The van der Waals surface area contributed by atoms with Crippen LogP contribution in [0.5, 0.6) is 11.5 Å². The monoisotopic (exact) mass is 246 g/mol. The number of anilines is 1. The number of nitrogens with zero attached hydrogens (tertiary/aromatic N) is 1. The summed E-state index contributed by atoms with van der Waals surface area (Å²) in [5.41, 5.74) is 0.857. The molecular weight excluding hydrogens is 236 g/mol. The fourth-order valence-corrected chi connectivity index (χ4v) is 1.64. The number of nitrogens with one attached hydrogen (secondary N) is 1. The average molecular weight is 246 g/mol. The first-order valence-corrected chi connectivity index (χ1v) is 5.35. The van der Waals surface area contributed by atoms with Gasteiger partial charge in [-0.2, -0.15) is 0 Å². The summed E-state index contributed by atoms with van der Waals surface area (Å²) in [7, 11) is 0. The number of aryl methyl sites for hydroxylation is 1. The Hall–Kier alpha value is -2.50. The zero-order valence-corrected chi connectivity index (χ0v) is 9.60. The van der Waals surface area contributed by atoms with Gasteiger partial charge in [-0.15, -0.1) is 0 Å². The lowest BCUT2D eigenvalue weighted by atomic mass is 10.2. The maximum absolute atomic E-state index is 11.8. The molecule has 3 rings (SSSR count). The van der Waals surface area contributed by atoms with Crippen molar-refractivity contribution in [3.05, 3.63) is 36.0 Å². The molecule has 18 heavy (non-hydrogen) atoms. The average Bonchev–Trinajstić information content (AvgIpc) is 2.96. The van der Waals surface area contributed by atoms with E-state index in [0.29, 0.717) is 23.1 Å².